The molecule has 1 amide bonds. The minimum Gasteiger partial charge on any atom is -0.494 e. The lowest BCUT2D eigenvalue weighted by Crippen LogP contribution is -2.23. The third-order valence-electron chi connectivity index (χ3n) is 3.48. The molecule has 0 aliphatic heterocycles. The number of imidazole rings is 1. The summed E-state index contributed by atoms with van der Waals surface area (Å²) < 4.78 is 12.3. The average Bonchev–Trinajstić information content (AvgIpc) is 3.04. The molecule has 7 nitrogen and oxygen atoms in total. The summed E-state index contributed by atoms with van der Waals surface area (Å²) in [6.07, 6.45) is 1.59. The van der Waals surface area contributed by atoms with Crippen molar-refractivity contribution in [2.24, 2.45) is 0 Å². The molecule has 25 heavy (non-hydrogen) atoms. The van der Waals surface area contributed by atoms with Crippen LogP contribution in [0.1, 0.15) is 29.9 Å². The van der Waals surface area contributed by atoms with Crippen LogP contribution in [0, 0.1) is 0 Å². The molecule has 0 unspecified atom stereocenters. The van der Waals surface area contributed by atoms with Crippen LogP contribution in [0.4, 0.5) is 0 Å². The minimum atomic E-state index is -0.259. The highest BCUT2D eigenvalue weighted by molar-refractivity contribution is 5.92. The van der Waals surface area contributed by atoms with Crippen molar-refractivity contribution in [3.8, 4) is 11.6 Å². The van der Waals surface area contributed by atoms with Gasteiger partial charge in [0.1, 0.15) is 11.4 Å². The number of carbonyl (C=O) groups is 1. The van der Waals surface area contributed by atoms with Gasteiger partial charge in [-0.1, -0.05) is 12.1 Å². The first-order chi connectivity index (χ1) is 12.2. The van der Waals surface area contributed by atoms with Gasteiger partial charge in [0.2, 0.25) is 5.88 Å². The maximum atomic E-state index is 12.3. The monoisotopic (exact) mass is 340 g/mol. The molecule has 0 bridgehead atoms. The van der Waals surface area contributed by atoms with E-state index < -0.39 is 0 Å². The van der Waals surface area contributed by atoms with Gasteiger partial charge in [-0.15, -0.1) is 5.10 Å². The van der Waals surface area contributed by atoms with Crippen LogP contribution < -0.4 is 14.8 Å². The molecule has 0 saturated carbocycles. The second-order valence-corrected chi connectivity index (χ2v) is 5.30. The standard InChI is InChI=1S/C18H20N4O3/c1-3-24-14-7-5-6-13(10-14)11-19-18(23)15-12-22-16(20-15)8-9-17(21-22)25-4-2/h5-10,12H,3-4,11H2,1-2H3,(H,19,23). The van der Waals surface area contributed by atoms with Crippen LogP contribution in [0.5, 0.6) is 11.6 Å². The van der Waals surface area contributed by atoms with E-state index in [9.17, 15) is 4.79 Å². The Hall–Kier alpha value is -3.09. The Labute approximate surface area is 145 Å². The Morgan fingerprint density at radius 3 is 2.80 bits per heavy atom. The summed E-state index contributed by atoms with van der Waals surface area (Å²) in [5.74, 6) is 1.02. The first-order valence-electron chi connectivity index (χ1n) is 8.18. The number of aromatic nitrogens is 3. The van der Waals surface area contributed by atoms with Gasteiger partial charge in [0, 0.05) is 12.6 Å². The van der Waals surface area contributed by atoms with Crippen LogP contribution in [0.3, 0.4) is 0 Å². The number of carbonyl (C=O) groups excluding carboxylic acids is 1. The summed E-state index contributed by atoms with van der Waals surface area (Å²) in [4.78, 5) is 16.6. The van der Waals surface area contributed by atoms with Gasteiger partial charge in [-0.2, -0.15) is 0 Å². The molecule has 3 rings (SSSR count). The van der Waals surface area contributed by atoms with Crippen molar-refractivity contribution in [1.29, 1.82) is 0 Å². The van der Waals surface area contributed by atoms with Crippen molar-refractivity contribution < 1.29 is 14.3 Å². The number of benzene rings is 1. The van der Waals surface area contributed by atoms with E-state index in [1.165, 1.54) is 4.52 Å². The lowest BCUT2D eigenvalue weighted by molar-refractivity contribution is 0.0946. The van der Waals surface area contributed by atoms with Crippen LogP contribution in [0.25, 0.3) is 5.65 Å². The van der Waals surface area contributed by atoms with E-state index in [-0.39, 0.29) is 5.91 Å². The summed E-state index contributed by atoms with van der Waals surface area (Å²) in [5, 5.41) is 7.11. The van der Waals surface area contributed by atoms with Crippen molar-refractivity contribution in [1.82, 2.24) is 19.9 Å². The third kappa shape index (κ3) is 4.06. The second kappa shape index (κ2) is 7.65. The highest BCUT2D eigenvalue weighted by Gasteiger charge is 2.12. The topological polar surface area (TPSA) is 77.8 Å². The summed E-state index contributed by atoms with van der Waals surface area (Å²) in [5.41, 5.74) is 1.86. The Balaban J connectivity index is 1.68. The minimum absolute atomic E-state index is 0.259. The van der Waals surface area contributed by atoms with Gasteiger partial charge in [0.25, 0.3) is 5.91 Å². The number of amides is 1. The Morgan fingerprint density at radius 1 is 1.16 bits per heavy atom. The molecule has 1 aromatic carbocycles. The van der Waals surface area contributed by atoms with Crippen molar-refractivity contribution in [3.05, 3.63) is 53.9 Å². The Bertz CT molecular complexity index is 876. The summed E-state index contributed by atoms with van der Waals surface area (Å²) in [7, 11) is 0. The molecule has 0 atom stereocenters. The number of hydrogen-bond acceptors (Lipinski definition) is 5. The molecule has 2 aromatic heterocycles. The second-order valence-electron chi connectivity index (χ2n) is 5.30. The van der Waals surface area contributed by atoms with E-state index >= 15 is 0 Å². The SMILES string of the molecule is CCOc1cccc(CNC(=O)c2cn3nc(OCC)ccc3n2)c1. The van der Waals surface area contributed by atoms with Crippen molar-refractivity contribution >= 4 is 11.6 Å². The molecular weight excluding hydrogens is 320 g/mol. The molecule has 0 fully saturated rings. The van der Waals surface area contributed by atoms with E-state index in [0.29, 0.717) is 37.0 Å². The van der Waals surface area contributed by atoms with E-state index in [1.807, 2.05) is 38.1 Å². The molecule has 130 valence electrons. The molecule has 2 heterocycles. The number of nitrogens with one attached hydrogen (secondary N) is 1. The zero-order valence-corrected chi connectivity index (χ0v) is 14.2. The van der Waals surface area contributed by atoms with Gasteiger partial charge in [-0.3, -0.25) is 4.79 Å². The fourth-order valence-corrected chi connectivity index (χ4v) is 2.38. The van der Waals surface area contributed by atoms with E-state index in [2.05, 4.69) is 15.4 Å². The highest BCUT2D eigenvalue weighted by atomic mass is 16.5. The molecule has 7 heteroatoms. The Kier molecular flexibility index (Phi) is 5.13. The normalized spacial score (nSPS) is 10.6. The van der Waals surface area contributed by atoms with Crippen molar-refractivity contribution in [2.75, 3.05) is 13.2 Å². The number of fused-ring (bicyclic) bond motifs is 1. The van der Waals surface area contributed by atoms with Crippen LogP contribution in [-0.4, -0.2) is 33.7 Å². The molecular formula is C18H20N4O3. The average molecular weight is 340 g/mol. The van der Waals surface area contributed by atoms with Gasteiger partial charge in [-0.25, -0.2) is 9.50 Å². The maximum Gasteiger partial charge on any atom is 0.271 e. The zero-order valence-electron chi connectivity index (χ0n) is 14.2. The molecule has 0 spiro atoms. The van der Waals surface area contributed by atoms with Crippen LogP contribution >= 0.6 is 0 Å². The number of nitrogens with zero attached hydrogens (tertiary/aromatic N) is 3. The zero-order chi connectivity index (χ0) is 17.6. The molecule has 0 aliphatic carbocycles. The van der Waals surface area contributed by atoms with Gasteiger partial charge in [0.15, 0.2) is 5.65 Å². The van der Waals surface area contributed by atoms with E-state index in [4.69, 9.17) is 9.47 Å². The maximum absolute atomic E-state index is 12.3. The van der Waals surface area contributed by atoms with E-state index in [1.54, 1.807) is 18.3 Å². The fraction of sp³-hybridized carbons (Fsp3) is 0.278. The largest absolute Gasteiger partial charge is 0.494 e. The van der Waals surface area contributed by atoms with Gasteiger partial charge in [-0.05, 0) is 37.6 Å². The van der Waals surface area contributed by atoms with Crippen molar-refractivity contribution in [3.63, 3.8) is 0 Å². The first-order valence-corrected chi connectivity index (χ1v) is 8.18. The summed E-state index contributed by atoms with van der Waals surface area (Å²) >= 11 is 0. The molecule has 0 radical (unpaired) electrons. The van der Waals surface area contributed by atoms with Crippen LogP contribution in [-0.2, 0) is 6.54 Å². The van der Waals surface area contributed by atoms with E-state index in [0.717, 1.165) is 11.3 Å². The van der Waals surface area contributed by atoms with Gasteiger partial charge < -0.3 is 14.8 Å². The van der Waals surface area contributed by atoms with Gasteiger partial charge >= 0.3 is 0 Å². The summed E-state index contributed by atoms with van der Waals surface area (Å²) in [6.45, 7) is 5.35. The highest BCUT2D eigenvalue weighted by Crippen LogP contribution is 2.13. The van der Waals surface area contributed by atoms with Gasteiger partial charge in [0.05, 0.1) is 19.4 Å². The summed E-state index contributed by atoms with van der Waals surface area (Å²) in [6, 6.07) is 11.1. The number of hydrogen-bond donors (Lipinski definition) is 1. The smallest absolute Gasteiger partial charge is 0.271 e. The molecule has 1 N–H and O–H groups in total. The van der Waals surface area contributed by atoms with Crippen LogP contribution in [0.15, 0.2) is 42.6 Å². The molecule has 0 aliphatic rings. The molecule has 0 saturated heterocycles. The Morgan fingerprint density at radius 2 is 2.00 bits per heavy atom. The first kappa shape index (κ1) is 16.8. The number of rotatable bonds is 7. The third-order valence-corrected chi connectivity index (χ3v) is 3.48. The predicted octanol–water partition coefficient (Wildman–Crippen LogP) is 2.46. The molecule has 3 aromatic rings. The quantitative estimate of drug-likeness (QED) is 0.715. The lowest BCUT2D eigenvalue weighted by Gasteiger charge is -2.06. The van der Waals surface area contributed by atoms with Crippen molar-refractivity contribution in [2.45, 2.75) is 20.4 Å². The fourth-order valence-electron chi connectivity index (χ4n) is 2.38. The van der Waals surface area contributed by atoms with Crippen LogP contribution in [0.2, 0.25) is 0 Å². The lowest BCUT2D eigenvalue weighted by atomic mass is 10.2. The number of ether oxygens (including phenoxy) is 2. The predicted molar refractivity (Wildman–Crippen MR) is 92.9 cm³/mol.